The number of carboxylic acid groups (broad SMARTS) is 1. The third-order valence-electron chi connectivity index (χ3n) is 3.87. The van der Waals surface area contributed by atoms with Crippen molar-refractivity contribution in [1.29, 1.82) is 0 Å². The fourth-order valence-corrected chi connectivity index (χ4v) is 2.74. The Labute approximate surface area is 122 Å². The molecule has 0 bridgehead atoms. The predicted molar refractivity (Wildman–Crippen MR) is 75.8 cm³/mol. The molecule has 1 N–H and O–H groups in total. The van der Waals surface area contributed by atoms with E-state index in [0.29, 0.717) is 25.2 Å². The van der Waals surface area contributed by atoms with Gasteiger partial charge in [0.05, 0.1) is 18.0 Å². The molecule has 0 radical (unpaired) electrons. The second kappa shape index (κ2) is 5.55. The largest absolute Gasteiger partial charge is 0.481 e. The number of hydrogen-bond donors (Lipinski definition) is 1. The average molecular weight is 287 g/mol. The summed E-state index contributed by atoms with van der Waals surface area (Å²) < 4.78 is 1.87. The van der Waals surface area contributed by atoms with Crippen LogP contribution in [0.4, 0.5) is 0 Å². The van der Waals surface area contributed by atoms with Crippen molar-refractivity contribution in [3.8, 4) is 0 Å². The molecule has 110 valence electrons. The summed E-state index contributed by atoms with van der Waals surface area (Å²) in [6.07, 6.45) is 5.33. The Morgan fingerprint density at radius 1 is 1.38 bits per heavy atom. The summed E-state index contributed by atoms with van der Waals surface area (Å²) in [4.78, 5) is 29.4. The van der Waals surface area contributed by atoms with Gasteiger partial charge in [-0.1, -0.05) is 6.07 Å². The van der Waals surface area contributed by atoms with Gasteiger partial charge >= 0.3 is 5.97 Å². The first-order valence-electron chi connectivity index (χ1n) is 7.06. The summed E-state index contributed by atoms with van der Waals surface area (Å²) in [5.74, 6) is -1.31. The number of piperidine rings is 1. The number of imidazole rings is 1. The van der Waals surface area contributed by atoms with E-state index in [9.17, 15) is 9.59 Å². The van der Waals surface area contributed by atoms with Gasteiger partial charge in [0, 0.05) is 25.5 Å². The molecule has 1 atom stereocenters. The lowest BCUT2D eigenvalue weighted by atomic mass is 9.98. The first kappa shape index (κ1) is 13.6. The summed E-state index contributed by atoms with van der Waals surface area (Å²) in [6, 6.07) is 5.69. The van der Waals surface area contributed by atoms with Crippen LogP contribution >= 0.6 is 0 Å². The van der Waals surface area contributed by atoms with Crippen LogP contribution in [0.5, 0.6) is 0 Å². The minimum absolute atomic E-state index is 0.0515. The van der Waals surface area contributed by atoms with Gasteiger partial charge in [0.2, 0.25) is 5.91 Å². The van der Waals surface area contributed by atoms with Crippen LogP contribution in [0.2, 0.25) is 0 Å². The quantitative estimate of drug-likeness (QED) is 0.920. The van der Waals surface area contributed by atoms with Crippen LogP contribution in [-0.4, -0.2) is 44.4 Å². The molecule has 0 unspecified atom stereocenters. The number of aliphatic carboxylic acids is 1. The van der Waals surface area contributed by atoms with Crippen LogP contribution in [-0.2, 0) is 16.0 Å². The van der Waals surface area contributed by atoms with E-state index in [1.54, 1.807) is 4.90 Å². The molecular weight excluding hydrogens is 270 g/mol. The van der Waals surface area contributed by atoms with Crippen LogP contribution in [0.25, 0.3) is 5.65 Å². The zero-order valence-electron chi connectivity index (χ0n) is 11.6. The van der Waals surface area contributed by atoms with E-state index in [0.717, 1.165) is 12.1 Å². The molecule has 0 aliphatic carbocycles. The maximum atomic E-state index is 12.3. The number of carbonyl (C=O) groups excluding carboxylic acids is 1. The van der Waals surface area contributed by atoms with Crippen molar-refractivity contribution in [3.05, 3.63) is 36.3 Å². The second-order valence-corrected chi connectivity index (χ2v) is 5.39. The monoisotopic (exact) mass is 287 g/mol. The van der Waals surface area contributed by atoms with Gasteiger partial charge in [0.25, 0.3) is 0 Å². The molecule has 1 amide bonds. The van der Waals surface area contributed by atoms with Crippen LogP contribution in [0.15, 0.2) is 30.6 Å². The number of amides is 1. The normalized spacial score (nSPS) is 18.9. The van der Waals surface area contributed by atoms with Crippen molar-refractivity contribution in [1.82, 2.24) is 14.3 Å². The van der Waals surface area contributed by atoms with Gasteiger partial charge in [-0.15, -0.1) is 0 Å². The Hall–Kier alpha value is -2.37. The fraction of sp³-hybridized carbons (Fsp3) is 0.400. The Kier molecular flexibility index (Phi) is 3.60. The fourth-order valence-electron chi connectivity index (χ4n) is 2.74. The van der Waals surface area contributed by atoms with Gasteiger partial charge in [0.1, 0.15) is 5.65 Å². The van der Waals surface area contributed by atoms with Crippen molar-refractivity contribution in [2.24, 2.45) is 5.92 Å². The number of carboxylic acids is 1. The Bertz CT molecular complexity index is 647. The van der Waals surface area contributed by atoms with Crippen molar-refractivity contribution in [2.45, 2.75) is 19.3 Å². The lowest BCUT2D eigenvalue weighted by Crippen LogP contribution is -2.43. The maximum absolute atomic E-state index is 12.3. The third kappa shape index (κ3) is 2.89. The molecule has 1 aliphatic rings. The summed E-state index contributed by atoms with van der Waals surface area (Å²) in [7, 11) is 0. The van der Waals surface area contributed by atoms with Crippen LogP contribution in [0.1, 0.15) is 18.5 Å². The van der Waals surface area contributed by atoms with E-state index in [1.165, 1.54) is 0 Å². The highest BCUT2D eigenvalue weighted by Crippen LogP contribution is 2.17. The highest BCUT2D eigenvalue weighted by Gasteiger charge is 2.28. The van der Waals surface area contributed by atoms with E-state index in [4.69, 9.17) is 5.11 Å². The van der Waals surface area contributed by atoms with Gasteiger partial charge in [-0.3, -0.25) is 9.59 Å². The maximum Gasteiger partial charge on any atom is 0.308 e. The number of fused-ring (bicyclic) bond motifs is 1. The Balaban J connectivity index is 1.69. The molecule has 1 aliphatic heterocycles. The number of nitrogens with zero attached hydrogens (tertiary/aromatic N) is 3. The van der Waals surface area contributed by atoms with Gasteiger partial charge in [0.15, 0.2) is 0 Å². The summed E-state index contributed by atoms with van der Waals surface area (Å²) in [5.41, 5.74) is 1.52. The van der Waals surface area contributed by atoms with E-state index in [-0.39, 0.29) is 12.3 Å². The molecule has 1 saturated heterocycles. The van der Waals surface area contributed by atoms with E-state index < -0.39 is 11.9 Å². The lowest BCUT2D eigenvalue weighted by molar-refractivity contribution is -0.145. The summed E-state index contributed by atoms with van der Waals surface area (Å²) >= 11 is 0. The minimum Gasteiger partial charge on any atom is -0.481 e. The Morgan fingerprint density at radius 2 is 2.24 bits per heavy atom. The zero-order chi connectivity index (χ0) is 14.8. The first-order valence-corrected chi connectivity index (χ1v) is 7.06. The zero-order valence-corrected chi connectivity index (χ0v) is 11.6. The molecule has 3 heterocycles. The molecule has 6 heteroatoms. The number of pyridine rings is 1. The number of hydrogen-bond acceptors (Lipinski definition) is 3. The molecule has 0 aromatic carbocycles. The smallest absolute Gasteiger partial charge is 0.308 e. The van der Waals surface area contributed by atoms with E-state index in [2.05, 4.69) is 4.98 Å². The Morgan fingerprint density at radius 3 is 3.00 bits per heavy atom. The molecule has 0 spiro atoms. The molecule has 2 aromatic heterocycles. The molecule has 6 nitrogen and oxygen atoms in total. The SMILES string of the molecule is O=C(O)[C@@H]1CCCN(C(=O)Cc2cn3ccccc3n2)C1. The van der Waals surface area contributed by atoms with Crippen LogP contribution < -0.4 is 0 Å². The van der Waals surface area contributed by atoms with Crippen molar-refractivity contribution in [3.63, 3.8) is 0 Å². The van der Waals surface area contributed by atoms with Crippen LogP contribution in [0.3, 0.4) is 0 Å². The molecule has 21 heavy (non-hydrogen) atoms. The summed E-state index contributed by atoms with van der Waals surface area (Å²) in [5, 5.41) is 9.07. The molecular formula is C15H17N3O3. The van der Waals surface area contributed by atoms with Crippen molar-refractivity contribution in [2.75, 3.05) is 13.1 Å². The van der Waals surface area contributed by atoms with E-state index in [1.807, 2.05) is 35.0 Å². The number of carbonyl (C=O) groups is 2. The first-order chi connectivity index (χ1) is 10.1. The third-order valence-corrected chi connectivity index (χ3v) is 3.87. The predicted octanol–water partition coefficient (Wildman–Crippen LogP) is 1.20. The van der Waals surface area contributed by atoms with Gasteiger partial charge in [-0.05, 0) is 25.0 Å². The molecule has 1 fully saturated rings. The number of rotatable bonds is 3. The highest BCUT2D eigenvalue weighted by molar-refractivity contribution is 5.80. The molecule has 0 saturated carbocycles. The van der Waals surface area contributed by atoms with Crippen molar-refractivity contribution < 1.29 is 14.7 Å². The number of likely N-dealkylation sites (tertiary alicyclic amines) is 1. The van der Waals surface area contributed by atoms with Crippen molar-refractivity contribution >= 4 is 17.5 Å². The highest BCUT2D eigenvalue weighted by atomic mass is 16.4. The minimum atomic E-state index is -0.819. The lowest BCUT2D eigenvalue weighted by Gasteiger charge is -2.30. The van der Waals surface area contributed by atoms with Gasteiger partial charge in [-0.25, -0.2) is 4.98 Å². The van der Waals surface area contributed by atoms with Gasteiger partial charge in [-0.2, -0.15) is 0 Å². The van der Waals surface area contributed by atoms with E-state index >= 15 is 0 Å². The topological polar surface area (TPSA) is 74.9 Å². The van der Waals surface area contributed by atoms with Crippen LogP contribution in [0, 0.1) is 5.92 Å². The standard InChI is InChI=1S/C15H17N3O3/c19-14(18-7-3-4-11(9-18)15(20)21)8-12-10-17-6-2-1-5-13(17)16-12/h1-2,5-6,10-11H,3-4,7-9H2,(H,20,21)/t11-/m1/s1. The summed E-state index contributed by atoms with van der Waals surface area (Å²) in [6.45, 7) is 0.942. The average Bonchev–Trinajstić information content (AvgIpc) is 2.89. The number of aromatic nitrogens is 2. The molecule has 2 aromatic rings. The second-order valence-electron chi connectivity index (χ2n) is 5.39. The molecule has 3 rings (SSSR count). The van der Waals surface area contributed by atoms with Gasteiger partial charge < -0.3 is 14.4 Å².